The van der Waals surface area contributed by atoms with Crippen LogP contribution in [0.25, 0.3) is 0 Å². The summed E-state index contributed by atoms with van der Waals surface area (Å²) < 4.78 is 5.28. The first-order chi connectivity index (χ1) is 15.4. The number of aromatic amines is 1. The van der Waals surface area contributed by atoms with E-state index in [0.29, 0.717) is 22.1 Å². The lowest BCUT2D eigenvalue weighted by Gasteiger charge is -2.24. The number of para-hydroxylation sites is 2. The summed E-state index contributed by atoms with van der Waals surface area (Å²) in [6, 6.07) is 11.6. The molecule has 0 saturated carbocycles. The molecule has 2 heterocycles. The van der Waals surface area contributed by atoms with Gasteiger partial charge < -0.3 is 20.7 Å². The van der Waals surface area contributed by atoms with Crippen molar-refractivity contribution in [2.45, 2.75) is 12.3 Å². The van der Waals surface area contributed by atoms with Gasteiger partial charge in [-0.05, 0) is 30.3 Å². The quantitative estimate of drug-likeness (QED) is 0.445. The van der Waals surface area contributed by atoms with Gasteiger partial charge in [0.25, 0.3) is 5.56 Å². The number of ether oxygens (including phenoxy) is 1. The highest BCUT2D eigenvalue weighted by Crippen LogP contribution is 2.32. The summed E-state index contributed by atoms with van der Waals surface area (Å²) in [7, 11) is 1.51. The maximum absolute atomic E-state index is 12.9. The van der Waals surface area contributed by atoms with Crippen LogP contribution in [-0.2, 0) is 9.59 Å². The van der Waals surface area contributed by atoms with Gasteiger partial charge >= 0.3 is 0 Å². The van der Waals surface area contributed by atoms with Crippen LogP contribution in [0.1, 0.15) is 17.9 Å². The van der Waals surface area contributed by atoms with Gasteiger partial charge in [0.05, 0.1) is 34.3 Å². The van der Waals surface area contributed by atoms with Crippen molar-refractivity contribution in [3.05, 3.63) is 68.4 Å². The fourth-order valence-electron chi connectivity index (χ4n) is 3.33. The summed E-state index contributed by atoms with van der Waals surface area (Å²) in [6.45, 7) is 0. The Morgan fingerprint density at radius 3 is 2.69 bits per heavy atom. The Balaban J connectivity index is 1.64. The number of carbonyl (C=O) groups excluding carboxylic acids is 2. The Kier molecular flexibility index (Phi) is 6.02. The van der Waals surface area contributed by atoms with E-state index in [9.17, 15) is 14.4 Å². The molecule has 1 aliphatic rings. The van der Waals surface area contributed by atoms with E-state index in [1.807, 2.05) is 0 Å². The fraction of sp³-hybridized carbons (Fsp3) is 0.143. The Morgan fingerprint density at radius 2 is 1.94 bits per heavy atom. The number of halogens is 2. The highest BCUT2D eigenvalue weighted by molar-refractivity contribution is 6.42. The number of hydrogen-bond acceptors (Lipinski definition) is 6. The van der Waals surface area contributed by atoms with Crippen molar-refractivity contribution in [1.29, 1.82) is 0 Å². The van der Waals surface area contributed by atoms with Crippen molar-refractivity contribution >= 4 is 58.2 Å². The monoisotopic (exact) mass is 473 g/mol. The molecule has 2 aromatic carbocycles. The second kappa shape index (κ2) is 8.89. The van der Waals surface area contributed by atoms with Crippen LogP contribution >= 0.6 is 23.2 Å². The maximum Gasteiger partial charge on any atom is 0.258 e. The molecular formula is C21H17Cl2N5O4. The zero-order valence-corrected chi connectivity index (χ0v) is 18.2. The summed E-state index contributed by atoms with van der Waals surface area (Å²) in [5.41, 5.74) is 0.458. The second-order valence-corrected chi connectivity index (χ2v) is 7.74. The summed E-state index contributed by atoms with van der Waals surface area (Å²) in [4.78, 5) is 44.9. The number of nitrogens with zero attached hydrogens (tertiary/aromatic N) is 1. The van der Waals surface area contributed by atoms with Gasteiger partial charge in [-0.2, -0.15) is 4.98 Å². The number of amides is 2. The third-order valence-corrected chi connectivity index (χ3v) is 5.55. The minimum atomic E-state index is -1.04. The lowest BCUT2D eigenvalue weighted by molar-refractivity contribution is -0.123. The lowest BCUT2D eigenvalue weighted by atomic mass is 9.92. The fourth-order valence-corrected chi connectivity index (χ4v) is 3.63. The standard InChI is InChI=1S/C21H17Cl2N5O4/c1-32-15-5-3-2-4-14(15)25-21-27-18-17(20(31)28-21)11(9-16(29)26-18)19(30)24-10-6-7-12(22)13(23)8-10/h2-8,11H,9H2,1H3,(H,24,30)(H3,25,26,27,28,29,31)/t11-/m0/s1. The number of rotatable bonds is 5. The predicted octanol–water partition coefficient (Wildman–Crippen LogP) is 3.89. The van der Waals surface area contributed by atoms with E-state index in [4.69, 9.17) is 27.9 Å². The first-order valence-electron chi connectivity index (χ1n) is 9.45. The van der Waals surface area contributed by atoms with Gasteiger partial charge in [-0.15, -0.1) is 0 Å². The molecule has 0 saturated heterocycles. The Bertz CT molecular complexity index is 1280. The lowest BCUT2D eigenvalue weighted by Crippen LogP contribution is -2.36. The van der Waals surface area contributed by atoms with Crippen molar-refractivity contribution in [2.24, 2.45) is 0 Å². The summed E-state index contributed by atoms with van der Waals surface area (Å²) in [6.07, 6.45) is -0.204. The SMILES string of the molecule is COc1ccccc1Nc1nc2c(c(=O)[nH]1)[C@@H](C(=O)Nc1ccc(Cl)c(Cl)c1)CC(=O)N2. The molecule has 4 N–H and O–H groups in total. The van der Waals surface area contributed by atoms with Crippen molar-refractivity contribution < 1.29 is 14.3 Å². The molecule has 4 rings (SSSR count). The van der Waals surface area contributed by atoms with Crippen LogP contribution in [0.5, 0.6) is 5.75 Å². The largest absolute Gasteiger partial charge is 0.495 e. The van der Waals surface area contributed by atoms with Crippen molar-refractivity contribution in [3.8, 4) is 5.75 Å². The van der Waals surface area contributed by atoms with Crippen LogP contribution in [-0.4, -0.2) is 28.9 Å². The topological polar surface area (TPSA) is 125 Å². The Hall–Kier alpha value is -3.56. The minimum absolute atomic E-state index is 0.0108. The van der Waals surface area contributed by atoms with Gasteiger partial charge in [0, 0.05) is 12.1 Å². The average molecular weight is 474 g/mol. The number of hydrogen-bond donors (Lipinski definition) is 4. The molecule has 0 spiro atoms. The number of fused-ring (bicyclic) bond motifs is 1. The molecule has 164 valence electrons. The number of aromatic nitrogens is 2. The van der Waals surface area contributed by atoms with Crippen LogP contribution in [0.4, 0.5) is 23.1 Å². The molecule has 2 amide bonds. The van der Waals surface area contributed by atoms with E-state index >= 15 is 0 Å². The van der Waals surface area contributed by atoms with E-state index in [2.05, 4.69) is 25.9 Å². The smallest absolute Gasteiger partial charge is 0.258 e. The number of carbonyl (C=O) groups is 2. The van der Waals surface area contributed by atoms with Crippen molar-refractivity contribution in [2.75, 3.05) is 23.1 Å². The minimum Gasteiger partial charge on any atom is -0.495 e. The number of H-pyrrole nitrogens is 1. The van der Waals surface area contributed by atoms with Crippen LogP contribution in [0, 0.1) is 0 Å². The zero-order valence-electron chi connectivity index (χ0n) is 16.7. The normalized spacial score (nSPS) is 14.8. The van der Waals surface area contributed by atoms with Gasteiger partial charge in [0.15, 0.2) is 0 Å². The van der Waals surface area contributed by atoms with Gasteiger partial charge in [0.2, 0.25) is 17.8 Å². The molecule has 0 radical (unpaired) electrons. The van der Waals surface area contributed by atoms with Crippen LogP contribution in [0.3, 0.4) is 0 Å². The first kappa shape index (κ1) is 21.7. The van der Waals surface area contributed by atoms with Crippen molar-refractivity contribution in [1.82, 2.24) is 9.97 Å². The first-order valence-corrected chi connectivity index (χ1v) is 10.2. The molecule has 32 heavy (non-hydrogen) atoms. The van der Waals surface area contributed by atoms with Gasteiger partial charge in [-0.25, -0.2) is 0 Å². The highest BCUT2D eigenvalue weighted by atomic mass is 35.5. The van der Waals surface area contributed by atoms with E-state index < -0.39 is 23.3 Å². The van der Waals surface area contributed by atoms with Gasteiger partial charge in [-0.1, -0.05) is 35.3 Å². The third kappa shape index (κ3) is 4.39. The molecule has 11 heteroatoms. The maximum atomic E-state index is 12.9. The molecule has 3 aromatic rings. The molecular weight excluding hydrogens is 457 g/mol. The highest BCUT2D eigenvalue weighted by Gasteiger charge is 2.35. The second-order valence-electron chi connectivity index (χ2n) is 6.93. The summed E-state index contributed by atoms with van der Waals surface area (Å²) in [5, 5.41) is 8.78. The van der Waals surface area contributed by atoms with Gasteiger partial charge in [-0.3, -0.25) is 19.4 Å². The predicted molar refractivity (Wildman–Crippen MR) is 122 cm³/mol. The molecule has 9 nitrogen and oxygen atoms in total. The molecule has 0 bridgehead atoms. The van der Waals surface area contributed by atoms with Gasteiger partial charge in [0.1, 0.15) is 11.6 Å². The van der Waals surface area contributed by atoms with E-state index in [-0.39, 0.29) is 28.8 Å². The van der Waals surface area contributed by atoms with E-state index in [1.165, 1.54) is 19.2 Å². The van der Waals surface area contributed by atoms with Crippen LogP contribution in [0.2, 0.25) is 10.0 Å². The number of nitrogens with one attached hydrogen (secondary N) is 4. The molecule has 0 aliphatic carbocycles. The molecule has 1 atom stereocenters. The third-order valence-electron chi connectivity index (χ3n) is 4.81. The summed E-state index contributed by atoms with van der Waals surface area (Å²) >= 11 is 11.9. The van der Waals surface area contributed by atoms with Crippen LogP contribution in [0.15, 0.2) is 47.3 Å². The number of anilines is 4. The Morgan fingerprint density at radius 1 is 1.16 bits per heavy atom. The zero-order chi connectivity index (χ0) is 22.8. The molecule has 0 fully saturated rings. The van der Waals surface area contributed by atoms with Crippen LogP contribution < -0.4 is 26.2 Å². The number of benzene rings is 2. The van der Waals surface area contributed by atoms with E-state index in [0.717, 1.165) is 0 Å². The number of methoxy groups -OCH3 is 1. The Labute approximate surface area is 192 Å². The molecule has 1 aromatic heterocycles. The molecule has 0 unspecified atom stereocenters. The summed E-state index contributed by atoms with van der Waals surface area (Å²) in [5.74, 6) is -1.38. The van der Waals surface area contributed by atoms with Crippen molar-refractivity contribution in [3.63, 3.8) is 0 Å². The van der Waals surface area contributed by atoms with E-state index in [1.54, 1.807) is 30.3 Å². The molecule has 1 aliphatic heterocycles. The average Bonchev–Trinajstić information content (AvgIpc) is 2.75.